The van der Waals surface area contributed by atoms with Crippen molar-refractivity contribution in [3.63, 3.8) is 0 Å². The van der Waals surface area contributed by atoms with Crippen LogP contribution in [0.3, 0.4) is 0 Å². The zero-order valence-corrected chi connectivity index (χ0v) is 17.9. The van der Waals surface area contributed by atoms with Crippen LogP contribution in [0.25, 0.3) is 0 Å². The van der Waals surface area contributed by atoms with E-state index < -0.39 is 0 Å². The van der Waals surface area contributed by atoms with Crippen molar-refractivity contribution in [3.05, 3.63) is 23.8 Å². The fourth-order valence-electron chi connectivity index (χ4n) is 2.89. The lowest BCUT2D eigenvalue weighted by Gasteiger charge is -2.28. The maximum atomic E-state index is 12.8. The van der Waals surface area contributed by atoms with Crippen molar-refractivity contribution >= 4 is 23.2 Å². The first kappa shape index (κ1) is 23.0. The molecule has 2 amide bonds. The first-order valence-electron chi connectivity index (χ1n) is 9.44. The van der Waals surface area contributed by atoms with Crippen molar-refractivity contribution in [1.82, 2.24) is 4.90 Å². The highest BCUT2D eigenvalue weighted by Gasteiger charge is 2.22. The van der Waals surface area contributed by atoms with E-state index in [0.29, 0.717) is 25.2 Å². The van der Waals surface area contributed by atoms with E-state index in [0.717, 1.165) is 17.7 Å². The molecule has 1 N–H and O–H groups in total. The second-order valence-electron chi connectivity index (χ2n) is 8.27. The molecule has 1 aromatic rings. The van der Waals surface area contributed by atoms with Gasteiger partial charge in [0.05, 0.1) is 0 Å². The zero-order valence-electron chi connectivity index (χ0n) is 17.9. The Hall–Kier alpha value is -2.08. The van der Waals surface area contributed by atoms with Gasteiger partial charge in [0.2, 0.25) is 11.8 Å². The summed E-state index contributed by atoms with van der Waals surface area (Å²) in [5.74, 6) is -0.0434. The van der Waals surface area contributed by atoms with Gasteiger partial charge in [-0.05, 0) is 35.6 Å². The van der Waals surface area contributed by atoms with Crippen molar-refractivity contribution in [3.8, 4) is 0 Å². The minimum absolute atomic E-state index is 0.0107. The van der Waals surface area contributed by atoms with Crippen LogP contribution >= 0.6 is 0 Å². The molecule has 0 atom stereocenters. The minimum atomic E-state index is -0.199. The molecule has 0 aromatic heterocycles. The molecule has 0 unspecified atom stereocenters. The van der Waals surface area contributed by atoms with E-state index in [-0.39, 0.29) is 23.8 Å². The summed E-state index contributed by atoms with van der Waals surface area (Å²) in [6.07, 6.45) is 1.41. The third kappa shape index (κ3) is 7.99. The smallest absolute Gasteiger partial charge is 0.250 e. The van der Waals surface area contributed by atoms with Crippen LogP contribution in [-0.4, -0.2) is 51.1 Å². The Balaban J connectivity index is 3.10. The normalized spacial score (nSPS) is 11.2. The van der Waals surface area contributed by atoms with Crippen LogP contribution in [0.4, 0.5) is 11.4 Å². The first-order chi connectivity index (χ1) is 12.6. The first-order valence-corrected chi connectivity index (χ1v) is 9.44. The lowest BCUT2D eigenvalue weighted by Crippen LogP contribution is -2.34. The van der Waals surface area contributed by atoms with Crippen LogP contribution in [0.2, 0.25) is 0 Å². The predicted octanol–water partition coefficient (Wildman–Crippen LogP) is 3.51. The number of hydrogen-bond donors (Lipinski definition) is 1. The number of carbonyl (C=O) groups is 2. The fraction of sp³-hybridized carbons (Fsp3) is 0.619. The van der Waals surface area contributed by atoms with Gasteiger partial charge in [-0.2, -0.15) is 0 Å². The second kappa shape index (κ2) is 10.3. The Morgan fingerprint density at radius 1 is 1.19 bits per heavy atom. The van der Waals surface area contributed by atoms with Gasteiger partial charge < -0.3 is 19.9 Å². The van der Waals surface area contributed by atoms with Crippen molar-refractivity contribution < 1.29 is 14.3 Å². The van der Waals surface area contributed by atoms with Crippen molar-refractivity contribution in [2.45, 2.75) is 47.1 Å². The Morgan fingerprint density at radius 3 is 2.37 bits per heavy atom. The predicted molar refractivity (Wildman–Crippen MR) is 111 cm³/mol. The SMILES string of the molecule is CCCN(Cc1cc(NC(=O)COC)ccc1N(C)C)C(=O)CC(C)(C)C. The van der Waals surface area contributed by atoms with Gasteiger partial charge in [-0.1, -0.05) is 27.7 Å². The molecule has 0 saturated carbocycles. The van der Waals surface area contributed by atoms with Gasteiger partial charge in [0.1, 0.15) is 6.61 Å². The molecule has 27 heavy (non-hydrogen) atoms. The molecule has 0 aliphatic rings. The van der Waals surface area contributed by atoms with Crippen LogP contribution < -0.4 is 10.2 Å². The highest BCUT2D eigenvalue weighted by Crippen LogP contribution is 2.26. The molecule has 0 aliphatic heterocycles. The number of anilines is 2. The summed E-state index contributed by atoms with van der Waals surface area (Å²) < 4.78 is 4.87. The molecule has 0 aliphatic carbocycles. The average molecular weight is 378 g/mol. The maximum Gasteiger partial charge on any atom is 0.250 e. The molecule has 152 valence electrons. The van der Waals surface area contributed by atoms with Gasteiger partial charge in [0, 0.05) is 52.1 Å². The van der Waals surface area contributed by atoms with E-state index in [4.69, 9.17) is 4.74 Å². The molecular formula is C21H35N3O3. The summed E-state index contributed by atoms with van der Waals surface area (Å²) >= 11 is 0. The van der Waals surface area contributed by atoms with Gasteiger partial charge in [-0.25, -0.2) is 0 Å². The Labute approximate surface area is 163 Å². The van der Waals surface area contributed by atoms with Crippen molar-refractivity contribution in [2.24, 2.45) is 5.41 Å². The number of ether oxygens (including phenoxy) is 1. The minimum Gasteiger partial charge on any atom is -0.377 e. The number of benzene rings is 1. The third-order valence-corrected chi connectivity index (χ3v) is 4.01. The van der Waals surface area contributed by atoms with Crippen LogP contribution in [0.15, 0.2) is 18.2 Å². The van der Waals surface area contributed by atoms with E-state index in [1.54, 1.807) is 0 Å². The van der Waals surface area contributed by atoms with E-state index in [9.17, 15) is 9.59 Å². The molecule has 0 fully saturated rings. The summed E-state index contributed by atoms with van der Waals surface area (Å²) in [6.45, 7) is 9.54. The molecule has 1 aromatic carbocycles. The van der Waals surface area contributed by atoms with Gasteiger partial charge >= 0.3 is 0 Å². The van der Waals surface area contributed by atoms with E-state index in [1.165, 1.54) is 7.11 Å². The monoisotopic (exact) mass is 377 g/mol. The summed E-state index contributed by atoms with van der Waals surface area (Å²) in [4.78, 5) is 28.6. The van der Waals surface area contributed by atoms with Crippen LogP contribution in [0.1, 0.15) is 46.1 Å². The number of nitrogens with zero attached hydrogens (tertiary/aromatic N) is 2. The average Bonchev–Trinajstić information content (AvgIpc) is 2.53. The largest absolute Gasteiger partial charge is 0.377 e. The summed E-state index contributed by atoms with van der Waals surface area (Å²) in [6, 6.07) is 5.78. The number of methoxy groups -OCH3 is 1. The molecule has 1 rings (SSSR count). The van der Waals surface area contributed by atoms with Crippen LogP contribution in [0, 0.1) is 5.41 Å². The summed E-state index contributed by atoms with van der Waals surface area (Å²) in [5, 5.41) is 2.84. The van der Waals surface area contributed by atoms with Gasteiger partial charge in [-0.3, -0.25) is 9.59 Å². The molecule has 0 radical (unpaired) electrons. The number of rotatable bonds is 9. The number of nitrogens with one attached hydrogen (secondary N) is 1. The van der Waals surface area contributed by atoms with E-state index in [1.807, 2.05) is 42.1 Å². The number of amides is 2. The Morgan fingerprint density at radius 2 is 1.85 bits per heavy atom. The highest BCUT2D eigenvalue weighted by molar-refractivity contribution is 5.92. The van der Waals surface area contributed by atoms with E-state index in [2.05, 4.69) is 33.0 Å². The van der Waals surface area contributed by atoms with Crippen LogP contribution in [-0.2, 0) is 20.9 Å². The third-order valence-electron chi connectivity index (χ3n) is 4.01. The number of carbonyl (C=O) groups excluding carboxylic acids is 2. The molecular weight excluding hydrogens is 342 g/mol. The Kier molecular flexibility index (Phi) is 8.76. The second-order valence-corrected chi connectivity index (χ2v) is 8.27. The molecule has 6 nitrogen and oxygen atoms in total. The van der Waals surface area contributed by atoms with Crippen molar-refractivity contribution in [2.75, 3.05) is 44.6 Å². The summed E-state index contributed by atoms with van der Waals surface area (Å²) in [7, 11) is 5.44. The molecule has 0 heterocycles. The summed E-state index contributed by atoms with van der Waals surface area (Å²) in [5.41, 5.74) is 2.69. The molecule has 6 heteroatoms. The van der Waals surface area contributed by atoms with Crippen molar-refractivity contribution in [1.29, 1.82) is 0 Å². The standard InChI is InChI=1S/C21H35N3O3/c1-8-11-24(20(26)13-21(2,3)4)14-16-12-17(22-19(25)15-27-7)9-10-18(16)23(5)6/h9-10,12H,8,11,13-15H2,1-7H3,(H,22,25). The fourth-order valence-corrected chi connectivity index (χ4v) is 2.89. The molecule has 0 saturated heterocycles. The topological polar surface area (TPSA) is 61.9 Å². The molecule has 0 spiro atoms. The Bertz CT molecular complexity index is 636. The highest BCUT2D eigenvalue weighted by atomic mass is 16.5. The van der Waals surface area contributed by atoms with Gasteiger partial charge in [-0.15, -0.1) is 0 Å². The quantitative estimate of drug-likeness (QED) is 0.715. The number of hydrogen-bond acceptors (Lipinski definition) is 4. The van der Waals surface area contributed by atoms with E-state index >= 15 is 0 Å². The van der Waals surface area contributed by atoms with Gasteiger partial charge in [0.25, 0.3) is 0 Å². The van der Waals surface area contributed by atoms with Gasteiger partial charge in [0.15, 0.2) is 0 Å². The molecule has 0 bridgehead atoms. The maximum absolute atomic E-state index is 12.8. The van der Waals surface area contributed by atoms with Crippen LogP contribution in [0.5, 0.6) is 0 Å². The lowest BCUT2D eigenvalue weighted by atomic mass is 9.91. The zero-order chi connectivity index (χ0) is 20.6. The lowest BCUT2D eigenvalue weighted by molar-refractivity contribution is -0.133.